The largest absolute Gasteiger partial charge is 0.376 e. The van der Waals surface area contributed by atoms with Crippen LogP contribution in [0.2, 0.25) is 0 Å². The second kappa shape index (κ2) is 9.51. The van der Waals surface area contributed by atoms with E-state index in [1.165, 1.54) is 5.56 Å². The molecule has 2 N–H and O–H groups in total. The number of nitrogens with one attached hydrogen (secondary N) is 2. The summed E-state index contributed by atoms with van der Waals surface area (Å²) in [6.07, 6.45) is 0.732. The molecule has 0 heterocycles. The molecule has 0 saturated heterocycles. The van der Waals surface area contributed by atoms with E-state index in [1.807, 2.05) is 68.4 Å². The van der Waals surface area contributed by atoms with Gasteiger partial charge in [-0.05, 0) is 41.7 Å². The fraction of sp³-hybridized carbons (Fsp3) is 0.167. The van der Waals surface area contributed by atoms with E-state index in [1.54, 1.807) is 0 Å². The van der Waals surface area contributed by atoms with Crippen LogP contribution >= 0.6 is 0 Å². The monoisotopic (exact) mass is 371 g/mol. The van der Waals surface area contributed by atoms with Crippen molar-refractivity contribution in [2.45, 2.75) is 20.3 Å². The summed E-state index contributed by atoms with van der Waals surface area (Å²) in [7, 11) is 0. The van der Waals surface area contributed by atoms with Crippen molar-refractivity contribution in [2.24, 2.45) is 5.10 Å². The molecule has 0 aliphatic carbocycles. The number of hydrazone groups is 1. The Kier molecular flexibility index (Phi) is 6.58. The molecule has 0 fully saturated rings. The first kappa shape index (κ1) is 19.4. The van der Waals surface area contributed by atoms with Crippen LogP contribution in [0.1, 0.15) is 24.5 Å². The Labute approximate surface area is 166 Å². The lowest BCUT2D eigenvalue weighted by atomic mass is 10.0. The number of para-hydroxylation sites is 1. The van der Waals surface area contributed by atoms with Crippen LogP contribution in [-0.2, 0) is 4.79 Å². The molecule has 0 aliphatic heterocycles. The summed E-state index contributed by atoms with van der Waals surface area (Å²) in [6, 6.07) is 26.4. The Hall–Kier alpha value is -3.40. The van der Waals surface area contributed by atoms with Gasteiger partial charge in [0.2, 0.25) is 0 Å². The van der Waals surface area contributed by atoms with Crippen molar-refractivity contribution in [1.82, 2.24) is 5.43 Å². The lowest BCUT2D eigenvalue weighted by Gasteiger charge is -2.09. The number of hydrogen-bond donors (Lipinski definition) is 2. The number of aryl methyl sites for hydroxylation is 1. The van der Waals surface area contributed by atoms with Gasteiger partial charge >= 0.3 is 0 Å². The van der Waals surface area contributed by atoms with Gasteiger partial charge < -0.3 is 5.32 Å². The summed E-state index contributed by atoms with van der Waals surface area (Å²) < 4.78 is 0. The number of benzene rings is 3. The van der Waals surface area contributed by atoms with Crippen molar-refractivity contribution >= 4 is 17.3 Å². The fourth-order valence-electron chi connectivity index (χ4n) is 2.95. The highest BCUT2D eigenvalue weighted by atomic mass is 16.2. The number of carbonyl (C=O) groups excluding carboxylic acids is 1. The van der Waals surface area contributed by atoms with Crippen LogP contribution in [0.5, 0.6) is 0 Å². The molecule has 142 valence electrons. The minimum atomic E-state index is -0.171. The van der Waals surface area contributed by atoms with Crippen LogP contribution in [0.15, 0.2) is 84.0 Å². The molecule has 0 bridgehead atoms. The molecule has 28 heavy (non-hydrogen) atoms. The summed E-state index contributed by atoms with van der Waals surface area (Å²) >= 11 is 0. The summed E-state index contributed by atoms with van der Waals surface area (Å²) in [6.45, 7) is 4.21. The molecule has 0 unspecified atom stereocenters. The van der Waals surface area contributed by atoms with Crippen molar-refractivity contribution in [3.63, 3.8) is 0 Å². The molecule has 4 nitrogen and oxygen atoms in total. The number of hydrogen-bond acceptors (Lipinski definition) is 3. The van der Waals surface area contributed by atoms with E-state index in [2.05, 4.69) is 40.1 Å². The lowest BCUT2D eigenvalue weighted by molar-refractivity contribution is -0.119. The minimum absolute atomic E-state index is 0.171. The highest BCUT2D eigenvalue weighted by Crippen LogP contribution is 2.20. The summed E-state index contributed by atoms with van der Waals surface area (Å²) in [4.78, 5) is 12.1. The van der Waals surface area contributed by atoms with Gasteiger partial charge in [0.25, 0.3) is 5.91 Å². The predicted octanol–water partition coefficient (Wildman–Crippen LogP) is 5.00. The molecule has 0 radical (unpaired) electrons. The van der Waals surface area contributed by atoms with Gasteiger partial charge in [-0.15, -0.1) is 0 Å². The Balaban J connectivity index is 1.61. The molecular weight excluding hydrogens is 346 g/mol. The number of nitrogens with zero attached hydrogens (tertiary/aromatic N) is 1. The van der Waals surface area contributed by atoms with E-state index in [0.717, 1.165) is 34.5 Å². The van der Waals surface area contributed by atoms with Crippen molar-refractivity contribution in [3.05, 3.63) is 90.0 Å². The van der Waals surface area contributed by atoms with Crippen LogP contribution < -0.4 is 10.7 Å². The molecule has 3 rings (SSSR count). The Morgan fingerprint density at radius 3 is 2.18 bits per heavy atom. The first-order chi connectivity index (χ1) is 13.7. The van der Waals surface area contributed by atoms with E-state index in [0.29, 0.717) is 0 Å². The zero-order valence-electron chi connectivity index (χ0n) is 16.3. The van der Waals surface area contributed by atoms with Gasteiger partial charge in [0.05, 0.1) is 12.3 Å². The average molecular weight is 371 g/mol. The van der Waals surface area contributed by atoms with Crippen LogP contribution in [0.3, 0.4) is 0 Å². The van der Waals surface area contributed by atoms with E-state index in [-0.39, 0.29) is 12.5 Å². The minimum Gasteiger partial charge on any atom is -0.376 e. The number of rotatable bonds is 7. The van der Waals surface area contributed by atoms with Crippen molar-refractivity contribution in [3.8, 4) is 11.1 Å². The zero-order valence-corrected chi connectivity index (χ0v) is 16.3. The topological polar surface area (TPSA) is 53.5 Å². The third-order valence-electron chi connectivity index (χ3n) is 4.56. The first-order valence-electron chi connectivity index (χ1n) is 9.48. The smallest absolute Gasteiger partial charge is 0.259 e. The molecule has 0 aliphatic rings. The van der Waals surface area contributed by atoms with Crippen LogP contribution in [-0.4, -0.2) is 18.2 Å². The molecule has 4 heteroatoms. The van der Waals surface area contributed by atoms with Gasteiger partial charge in [0.15, 0.2) is 0 Å². The van der Waals surface area contributed by atoms with Gasteiger partial charge in [-0.25, -0.2) is 5.43 Å². The standard InChI is InChI=1S/C24H25N3O/c1-3-22(21-15-13-20(14-16-21)19-10-5-4-6-11-19)26-27-24(28)17-25-23-12-8-7-9-18(23)2/h4-16,25H,3,17H2,1-2H3,(H,27,28)/b26-22-. The Morgan fingerprint density at radius 2 is 1.50 bits per heavy atom. The predicted molar refractivity (Wildman–Crippen MR) is 117 cm³/mol. The Morgan fingerprint density at radius 1 is 0.857 bits per heavy atom. The molecule has 0 saturated carbocycles. The van der Waals surface area contributed by atoms with Gasteiger partial charge in [-0.2, -0.15) is 5.10 Å². The van der Waals surface area contributed by atoms with E-state index in [9.17, 15) is 4.79 Å². The van der Waals surface area contributed by atoms with E-state index in [4.69, 9.17) is 0 Å². The molecule has 3 aromatic carbocycles. The SMILES string of the molecule is CC/C(=N/NC(=O)CNc1ccccc1C)c1ccc(-c2ccccc2)cc1. The van der Waals surface area contributed by atoms with E-state index < -0.39 is 0 Å². The highest BCUT2D eigenvalue weighted by molar-refractivity contribution is 6.01. The van der Waals surface area contributed by atoms with Gasteiger partial charge in [0, 0.05) is 5.69 Å². The molecule has 1 amide bonds. The van der Waals surface area contributed by atoms with Gasteiger partial charge in [-0.3, -0.25) is 4.79 Å². The lowest BCUT2D eigenvalue weighted by Crippen LogP contribution is -2.27. The van der Waals surface area contributed by atoms with Crippen LogP contribution in [0.4, 0.5) is 5.69 Å². The summed E-state index contributed by atoms with van der Waals surface area (Å²) in [5, 5.41) is 7.47. The average Bonchev–Trinajstić information content (AvgIpc) is 2.75. The number of carbonyl (C=O) groups is 1. The van der Waals surface area contributed by atoms with Gasteiger partial charge in [0.1, 0.15) is 0 Å². The highest BCUT2D eigenvalue weighted by Gasteiger charge is 2.05. The Bertz CT molecular complexity index is 947. The van der Waals surface area contributed by atoms with Crippen molar-refractivity contribution in [1.29, 1.82) is 0 Å². The first-order valence-corrected chi connectivity index (χ1v) is 9.48. The fourth-order valence-corrected chi connectivity index (χ4v) is 2.95. The molecule has 0 spiro atoms. The summed E-state index contributed by atoms with van der Waals surface area (Å²) in [5.74, 6) is -0.171. The van der Waals surface area contributed by atoms with Crippen LogP contribution in [0.25, 0.3) is 11.1 Å². The third kappa shape index (κ3) is 5.07. The molecule has 0 aromatic heterocycles. The summed E-state index contributed by atoms with van der Waals surface area (Å²) in [5.41, 5.74) is 8.91. The molecule has 3 aromatic rings. The van der Waals surface area contributed by atoms with Crippen LogP contribution in [0, 0.1) is 6.92 Å². The van der Waals surface area contributed by atoms with E-state index >= 15 is 0 Å². The second-order valence-corrected chi connectivity index (χ2v) is 6.56. The van der Waals surface area contributed by atoms with Crippen molar-refractivity contribution < 1.29 is 4.79 Å². The number of amides is 1. The normalized spacial score (nSPS) is 11.1. The quantitative estimate of drug-likeness (QED) is 0.453. The maximum Gasteiger partial charge on any atom is 0.259 e. The second-order valence-electron chi connectivity index (χ2n) is 6.56. The van der Waals surface area contributed by atoms with Gasteiger partial charge in [-0.1, -0.05) is 79.7 Å². The molecule has 0 atom stereocenters. The number of anilines is 1. The van der Waals surface area contributed by atoms with Crippen molar-refractivity contribution in [2.75, 3.05) is 11.9 Å². The maximum atomic E-state index is 12.1. The molecular formula is C24H25N3O. The zero-order chi connectivity index (χ0) is 19.8. The third-order valence-corrected chi connectivity index (χ3v) is 4.56. The maximum absolute atomic E-state index is 12.1.